The number of fused-ring (bicyclic) bond motifs is 3. The SMILES string of the molecule is C(=Cc1ccc(N(c2ccccc2)c2cc3ccccc3c3ccccc23)cc1)c1ccc(N(c2ccc(-c3ccccc3)cc2)c2ccc(-c3ccccc3)cc2)cc1. The molecule has 0 heterocycles. The minimum absolute atomic E-state index is 1.10. The second-order valence-corrected chi connectivity index (χ2v) is 15.0. The fourth-order valence-corrected chi connectivity index (χ4v) is 8.20. The van der Waals surface area contributed by atoms with Crippen molar-refractivity contribution in [3.63, 3.8) is 0 Å². The largest absolute Gasteiger partial charge is 0.311 e. The maximum atomic E-state index is 2.37. The van der Waals surface area contributed by atoms with Crippen LogP contribution in [0.2, 0.25) is 0 Å². The van der Waals surface area contributed by atoms with Crippen LogP contribution in [-0.2, 0) is 0 Å². The Balaban J connectivity index is 0.940. The van der Waals surface area contributed by atoms with Gasteiger partial charge in [0.2, 0.25) is 0 Å². The Kier molecular flexibility index (Phi) is 10.0. The van der Waals surface area contributed by atoms with E-state index in [9.17, 15) is 0 Å². The third kappa shape index (κ3) is 7.46. The van der Waals surface area contributed by atoms with Crippen LogP contribution in [-0.4, -0.2) is 0 Å². The van der Waals surface area contributed by atoms with Gasteiger partial charge < -0.3 is 9.80 Å². The molecule has 2 heteroatoms. The van der Waals surface area contributed by atoms with E-state index in [0.717, 1.165) is 45.3 Å². The van der Waals surface area contributed by atoms with Crippen molar-refractivity contribution in [1.29, 1.82) is 0 Å². The first-order valence-corrected chi connectivity index (χ1v) is 20.5. The topological polar surface area (TPSA) is 6.48 Å². The summed E-state index contributed by atoms with van der Waals surface area (Å²) in [6.07, 6.45) is 4.39. The molecule has 60 heavy (non-hydrogen) atoms. The molecular formula is C58H42N2. The summed E-state index contributed by atoms with van der Waals surface area (Å²) < 4.78 is 0. The highest BCUT2D eigenvalue weighted by Crippen LogP contribution is 2.42. The summed E-state index contributed by atoms with van der Waals surface area (Å²) in [6, 6.07) is 86.8. The second-order valence-electron chi connectivity index (χ2n) is 15.0. The van der Waals surface area contributed by atoms with Crippen molar-refractivity contribution < 1.29 is 0 Å². The molecule has 0 unspecified atom stereocenters. The van der Waals surface area contributed by atoms with E-state index < -0.39 is 0 Å². The molecule has 2 nitrogen and oxygen atoms in total. The number of rotatable bonds is 10. The predicted molar refractivity (Wildman–Crippen MR) is 257 cm³/mol. The summed E-state index contributed by atoms with van der Waals surface area (Å²) in [5, 5.41) is 4.96. The molecule has 0 aliphatic carbocycles. The molecule has 0 atom stereocenters. The van der Waals surface area contributed by atoms with E-state index in [1.165, 1.54) is 43.8 Å². The van der Waals surface area contributed by atoms with E-state index >= 15 is 0 Å². The lowest BCUT2D eigenvalue weighted by atomic mass is 9.99. The van der Waals surface area contributed by atoms with Crippen molar-refractivity contribution in [3.8, 4) is 22.3 Å². The molecule has 0 aliphatic rings. The molecule has 10 rings (SSSR count). The fourth-order valence-electron chi connectivity index (χ4n) is 8.20. The third-order valence-electron chi connectivity index (χ3n) is 11.2. The number of benzene rings is 10. The first kappa shape index (κ1) is 36.4. The zero-order valence-corrected chi connectivity index (χ0v) is 33.1. The van der Waals surface area contributed by atoms with Crippen LogP contribution >= 0.6 is 0 Å². The molecule has 0 aliphatic heterocycles. The number of nitrogens with zero attached hydrogens (tertiary/aromatic N) is 2. The van der Waals surface area contributed by atoms with E-state index in [4.69, 9.17) is 0 Å². The molecule has 0 spiro atoms. The molecule has 0 radical (unpaired) electrons. The van der Waals surface area contributed by atoms with Crippen LogP contribution in [0, 0.1) is 0 Å². The normalized spacial score (nSPS) is 11.3. The quantitative estimate of drug-likeness (QED) is 0.101. The molecule has 284 valence electrons. The molecule has 0 N–H and O–H groups in total. The zero-order chi connectivity index (χ0) is 40.1. The molecule has 0 aromatic heterocycles. The maximum absolute atomic E-state index is 2.37. The lowest BCUT2D eigenvalue weighted by Gasteiger charge is -2.27. The van der Waals surface area contributed by atoms with Crippen LogP contribution in [0.1, 0.15) is 11.1 Å². The summed E-state index contributed by atoms with van der Waals surface area (Å²) >= 11 is 0. The molecule has 0 amide bonds. The first-order valence-electron chi connectivity index (χ1n) is 20.5. The van der Waals surface area contributed by atoms with Crippen LogP contribution in [0.25, 0.3) is 56.0 Å². The van der Waals surface area contributed by atoms with Gasteiger partial charge in [0.15, 0.2) is 0 Å². The Labute approximate surface area is 352 Å². The molecule has 0 saturated heterocycles. The maximum Gasteiger partial charge on any atom is 0.0546 e. The smallest absolute Gasteiger partial charge is 0.0546 e. The Morgan fingerprint density at radius 1 is 0.250 bits per heavy atom. The third-order valence-corrected chi connectivity index (χ3v) is 11.2. The van der Waals surface area contributed by atoms with E-state index in [1.807, 2.05) is 0 Å². The summed E-state index contributed by atoms with van der Waals surface area (Å²) in [5.74, 6) is 0. The Bertz CT molecular complexity index is 2950. The van der Waals surface area contributed by atoms with Crippen LogP contribution < -0.4 is 9.80 Å². The molecule has 10 aromatic carbocycles. The van der Waals surface area contributed by atoms with Gasteiger partial charge in [0.25, 0.3) is 0 Å². The molecular weight excluding hydrogens is 725 g/mol. The van der Waals surface area contributed by atoms with Crippen molar-refractivity contribution in [3.05, 3.63) is 254 Å². The van der Waals surface area contributed by atoms with Crippen LogP contribution in [0.5, 0.6) is 0 Å². The molecule has 0 saturated carbocycles. The minimum atomic E-state index is 1.10. The number of para-hydroxylation sites is 1. The molecule has 0 bridgehead atoms. The Morgan fingerprint density at radius 3 is 1.10 bits per heavy atom. The summed E-state index contributed by atoms with van der Waals surface area (Å²) in [5.41, 5.74) is 13.8. The van der Waals surface area contributed by atoms with Gasteiger partial charge in [-0.3, -0.25) is 0 Å². The monoisotopic (exact) mass is 766 g/mol. The van der Waals surface area contributed by atoms with Gasteiger partial charge in [0, 0.05) is 33.8 Å². The highest BCUT2D eigenvalue weighted by molar-refractivity contribution is 6.14. The van der Waals surface area contributed by atoms with Crippen molar-refractivity contribution in [1.82, 2.24) is 0 Å². The average molecular weight is 767 g/mol. The number of hydrogen-bond donors (Lipinski definition) is 0. The van der Waals surface area contributed by atoms with E-state index in [1.54, 1.807) is 0 Å². The van der Waals surface area contributed by atoms with Crippen molar-refractivity contribution in [2.75, 3.05) is 9.80 Å². The predicted octanol–water partition coefficient (Wildman–Crippen LogP) is 16.4. The first-order chi connectivity index (χ1) is 29.7. The van der Waals surface area contributed by atoms with E-state index in [-0.39, 0.29) is 0 Å². The highest BCUT2D eigenvalue weighted by atomic mass is 15.1. The lowest BCUT2D eigenvalue weighted by Crippen LogP contribution is -2.10. The van der Waals surface area contributed by atoms with Crippen molar-refractivity contribution in [2.24, 2.45) is 0 Å². The van der Waals surface area contributed by atoms with Crippen molar-refractivity contribution in [2.45, 2.75) is 0 Å². The zero-order valence-electron chi connectivity index (χ0n) is 33.1. The standard InChI is InChI=1S/C58H42N2/c1-4-14-45(15-5-1)47-30-38-52(39-31-47)59(53-40-32-48(33-41-53)46-16-6-2-7-17-46)51-34-26-43(27-35-51)24-25-44-28-36-54(37-29-44)60(50-19-8-3-9-20-50)58-42-49-18-10-11-21-55(49)56-22-12-13-23-57(56)58/h1-42H. The number of hydrogen-bond acceptors (Lipinski definition) is 2. The summed E-state index contributed by atoms with van der Waals surface area (Å²) in [6.45, 7) is 0. The van der Waals surface area contributed by atoms with Gasteiger partial charge in [-0.2, -0.15) is 0 Å². The van der Waals surface area contributed by atoms with E-state index in [0.29, 0.717) is 0 Å². The van der Waals surface area contributed by atoms with Gasteiger partial charge in [-0.15, -0.1) is 0 Å². The average Bonchev–Trinajstić information content (AvgIpc) is 3.33. The lowest BCUT2D eigenvalue weighted by molar-refractivity contribution is 1.28. The van der Waals surface area contributed by atoms with Crippen LogP contribution in [0.3, 0.4) is 0 Å². The van der Waals surface area contributed by atoms with Gasteiger partial charge in [-0.1, -0.05) is 188 Å². The van der Waals surface area contributed by atoms with Gasteiger partial charge >= 0.3 is 0 Å². The van der Waals surface area contributed by atoms with E-state index in [2.05, 4.69) is 265 Å². The van der Waals surface area contributed by atoms with Crippen LogP contribution in [0.4, 0.5) is 34.1 Å². The summed E-state index contributed by atoms with van der Waals surface area (Å²) in [4.78, 5) is 4.70. The molecule has 10 aromatic rings. The second kappa shape index (κ2) is 16.5. The van der Waals surface area contributed by atoms with Gasteiger partial charge in [-0.05, 0) is 116 Å². The van der Waals surface area contributed by atoms with Crippen LogP contribution in [0.15, 0.2) is 243 Å². The molecule has 0 fully saturated rings. The highest BCUT2D eigenvalue weighted by Gasteiger charge is 2.17. The summed E-state index contributed by atoms with van der Waals surface area (Å²) in [7, 11) is 0. The Hall–Kier alpha value is -7.94. The minimum Gasteiger partial charge on any atom is -0.311 e. The van der Waals surface area contributed by atoms with Gasteiger partial charge in [0.1, 0.15) is 0 Å². The van der Waals surface area contributed by atoms with Crippen molar-refractivity contribution >= 4 is 67.8 Å². The fraction of sp³-hybridized carbons (Fsp3) is 0. The number of anilines is 6. The van der Waals surface area contributed by atoms with Gasteiger partial charge in [-0.25, -0.2) is 0 Å². The Morgan fingerprint density at radius 2 is 0.600 bits per heavy atom. The van der Waals surface area contributed by atoms with Gasteiger partial charge in [0.05, 0.1) is 5.69 Å².